The van der Waals surface area contributed by atoms with Gasteiger partial charge < -0.3 is 10.1 Å². The molecule has 0 radical (unpaired) electrons. The molecule has 0 spiro atoms. The second-order valence-electron chi connectivity index (χ2n) is 5.36. The van der Waals surface area contributed by atoms with Gasteiger partial charge in [0.15, 0.2) is 0 Å². The van der Waals surface area contributed by atoms with Crippen LogP contribution in [0.3, 0.4) is 0 Å². The number of hydrogen-bond donors (Lipinski definition) is 1. The lowest BCUT2D eigenvalue weighted by molar-refractivity contribution is 0.191. The number of thiophene rings is 1. The zero-order valence-electron chi connectivity index (χ0n) is 11.0. The predicted molar refractivity (Wildman–Crippen MR) is 75.5 cm³/mol. The summed E-state index contributed by atoms with van der Waals surface area (Å²) in [4.78, 5) is 11.8. The molecule has 1 aromatic heterocycles. The average molecular weight is 263 g/mol. The molecular weight excluding hydrogens is 246 g/mol. The Labute approximate surface area is 111 Å². The molecular formula is C14H17NO2S. The summed E-state index contributed by atoms with van der Waals surface area (Å²) < 4.78 is 6.53. The van der Waals surface area contributed by atoms with Crippen molar-refractivity contribution in [3.63, 3.8) is 0 Å². The van der Waals surface area contributed by atoms with Crippen LogP contribution in [0.1, 0.15) is 26.3 Å². The third-order valence-corrected chi connectivity index (χ3v) is 3.22. The van der Waals surface area contributed by atoms with Crippen LogP contribution in [0.2, 0.25) is 0 Å². The van der Waals surface area contributed by atoms with Crippen molar-refractivity contribution in [2.75, 3.05) is 0 Å². The lowest BCUT2D eigenvalue weighted by atomic mass is 10.1. The molecule has 0 aliphatic heterocycles. The van der Waals surface area contributed by atoms with Crippen LogP contribution in [0.4, 0.5) is 4.79 Å². The van der Waals surface area contributed by atoms with Crippen molar-refractivity contribution in [3.05, 3.63) is 29.1 Å². The summed E-state index contributed by atoms with van der Waals surface area (Å²) in [5.74, 6) is 0.619. The number of benzene rings is 1. The van der Waals surface area contributed by atoms with Crippen LogP contribution in [-0.2, 0) is 0 Å². The Bertz CT molecular complexity index is 581. The zero-order chi connectivity index (χ0) is 13.3. The zero-order valence-corrected chi connectivity index (χ0v) is 11.9. The van der Waals surface area contributed by atoms with Crippen molar-refractivity contribution in [2.45, 2.75) is 33.2 Å². The van der Waals surface area contributed by atoms with E-state index in [4.69, 9.17) is 4.74 Å². The summed E-state index contributed by atoms with van der Waals surface area (Å²) in [6.07, 6.45) is -0.416. The van der Waals surface area contributed by atoms with Gasteiger partial charge in [-0.3, -0.25) is 0 Å². The third kappa shape index (κ3) is 3.01. The first-order chi connectivity index (χ1) is 8.35. The van der Waals surface area contributed by atoms with Gasteiger partial charge in [0.2, 0.25) is 0 Å². The van der Waals surface area contributed by atoms with Crippen LogP contribution in [0.5, 0.6) is 5.75 Å². The molecule has 0 unspecified atom stereocenters. The molecule has 0 atom stereocenters. The van der Waals surface area contributed by atoms with E-state index in [1.807, 2.05) is 45.2 Å². The van der Waals surface area contributed by atoms with E-state index in [0.717, 1.165) is 15.6 Å². The first-order valence-electron chi connectivity index (χ1n) is 5.83. The van der Waals surface area contributed by atoms with E-state index >= 15 is 0 Å². The SMILES string of the molecule is Cc1cc(OC(=O)NC(C)(C)C)c2ccsc2c1. The van der Waals surface area contributed by atoms with Crippen LogP contribution in [0, 0.1) is 6.92 Å². The lowest BCUT2D eigenvalue weighted by Crippen LogP contribution is -2.42. The quantitative estimate of drug-likeness (QED) is 0.841. The van der Waals surface area contributed by atoms with E-state index < -0.39 is 6.09 Å². The van der Waals surface area contributed by atoms with Crippen LogP contribution in [0.15, 0.2) is 23.6 Å². The minimum atomic E-state index is -0.416. The van der Waals surface area contributed by atoms with Crippen molar-refractivity contribution < 1.29 is 9.53 Å². The Morgan fingerprint density at radius 3 is 2.72 bits per heavy atom. The fourth-order valence-corrected chi connectivity index (χ4v) is 2.59. The smallest absolute Gasteiger partial charge is 0.410 e. The summed E-state index contributed by atoms with van der Waals surface area (Å²) in [5.41, 5.74) is 0.790. The Morgan fingerprint density at radius 2 is 2.06 bits per heavy atom. The topological polar surface area (TPSA) is 38.3 Å². The Hall–Kier alpha value is -1.55. The molecule has 18 heavy (non-hydrogen) atoms. The largest absolute Gasteiger partial charge is 0.413 e. The molecule has 1 aromatic carbocycles. The molecule has 2 aromatic rings. The molecule has 96 valence electrons. The molecule has 2 rings (SSSR count). The molecule has 1 amide bonds. The van der Waals surface area contributed by atoms with Crippen molar-refractivity contribution >= 4 is 27.5 Å². The molecule has 0 saturated heterocycles. The van der Waals surface area contributed by atoms with Crippen molar-refractivity contribution in [3.8, 4) is 5.75 Å². The minimum Gasteiger partial charge on any atom is -0.410 e. The predicted octanol–water partition coefficient (Wildman–Crippen LogP) is 4.10. The van der Waals surface area contributed by atoms with Crippen LogP contribution in [0.25, 0.3) is 10.1 Å². The van der Waals surface area contributed by atoms with Gasteiger partial charge in [-0.1, -0.05) is 0 Å². The van der Waals surface area contributed by atoms with Gasteiger partial charge in [-0.05, 0) is 56.8 Å². The van der Waals surface area contributed by atoms with Gasteiger partial charge in [0, 0.05) is 15.6 Å². The lowest BCUT2D eigenvalue weighted by Gasteiger charge is -2.20. The summed E-state index contributed by atoms with van der Waals surface area (Å²) in [6.45, 7) is 7.76. The molecule has 0 saturated carbocycles. The Balaban J connectivity index is 2.26. The van der Waals surface area contributed by atoms with E-state index in [-0.39, 0.29) is 5.54 Å². The second kappa shape index (κ2) is 4.61. The average Bonchev–Trinajstić information content (AvgIpc) is 2.61. The van der Waals surface area contributed by atoms with E-state index in [2.05, 4.69) is 11.4 Å². The highest BCUT2D eigenvalue weighted by Gasteiger charge is 2.16. The first kappa shape index (κ1) is 12.9. The highest BCUT2D eigenvalue weighted by molar-refractivity contribution is 7.17. The van der Waals surface area contributed by atoms with Gasteiger partial charge in [-0.25, -0.2) is 4.79 Å². The normalized spacial score (nSPS) is 11.6. The molecule has 0 aliphatic carbocycles. The maximum absolute atomic E-state index is 11.8. The van der Waals surface area contributed by atoms with Crippen molar-refractivity contribution in [1.82, 2.24) is 5.32 Å². The highest BCUT2D eigenvalue weighted by atomic mass is 32.1. The third-order valence-electron chi connectivity index (χ3n) is 2.36. The standard InChI is InChI=1S/C14H17NO2S/c1-9-7-11(10-5-6-18-12(10)8-9)17-13(16)15-14(2,3)4/h5-8H,1-4H3,(H,15,16). The fourth-order valence-electron chi connectivity index (χ4n) is 1.69. The molecule has 1 N–H and O–H groups in total. The van der Waals surface area contributed by atoms with Crippen molar-refractivity contribution in [1.29, 1.82) is 0 Å². The van der Waals surface area contributed by atoms with Gasteiger partial charge in [-0.15, -0.1) is 11.3 Å². The number of nitrogens with one attached hydrogen (secondary N) is 1. The number of ether oxygens (including phenoxy) is 1. The monoisotopic (exact) mass is 263 g/mol. The number of hydrogen-bond acceptors (Lipinski definition) is 3. The number of aryl methyl sites for hydroxylation is 1. The van der Waals surface area contributed by atoms with E-state index in [1.54, 1.807) is 11.3 Å². The van der Waals surface area contributed by atoms with E-state index in [0.29, 0.717) is 5.75 Å². The second-order valence-corrected chi connectivity index (χ2v) is 6.31. The number of amides is 1. The molecule has 0 bridgehead atoms. The molecule has 3 nitrogen and oxygen atoms in total. The van der Waals surface area contributed by atoms with Gasteiger partial charge >= 0.3 is 6.09 Å². The van der Waals surface area contributed by atoms with Gasteiger partial charge in [-0.2, -0.15) is 0 Å². The highest BCUT2D eigenvalue weighted by Crippen LogP contribution is 2.31. The minimum absolute atomic E-state index is 0.297. The van der Waals surface area contributed by atoms with E-state index in [9.17, 15) is 4.79 Å². The Kier molecular flexibility index (Phi) is 3.30. The van der Waals surface area contributed by atoms with E-state index in [1.165, 1.54) is 0 Å². The van der Waals surface area contributed by atoms with Crippen LogP contribution >= 0.6 is 11.3 Å². The fraction of sp³-hybridized carbons (Fsp3) is 0.357. The number of fused-ring (bicyclic) bond motifs is 1. The van der Waals surface area contributed by atoms with Crippen LogP contribution in [-0.4, -0.2) is 11.6 Å². The maximum atomic E-state index is 11.8. The summed E-state index contributed by atoms with van der Waals surface area (Å²) in [5, 5.41) is 5.77. The maximum Gasteiger partial charge on any atom is 0.413 e. The molecule has 4 heteroatoms. The van der Waals surface area contributed by atoms with Gasteiger partial charge in [0.1, 0.15) is 5.75 Å². The molecule has 0 aliphatic rings. The Morgan fingerprint density at radius 1 is 1.33 bits per heavy atom. The summed E-state index contributed by atoms with van der Waals surface area (Å²) >= 11 is 1.64. The van der Waals surface area contributed by atoms with Gasteiger partial charge in [0.25, 0.3) is 0 Å². The van der Waals surface area contributed by atoms with Gasteiger partial charge in [0.05, 0.1) is 0 Å². The first-order valence-corrected chi connectivity index (χ1v) is 6.71. The van der Waals surface area contributed by atoms with Crippen LogP contribution < -0.4 is 10.1 Å². The number of rotatable bonds is 1. The summed E-state index contributed by atoms with van der Waals surface area (Å²) in [7, 11) is 0. The molecule has 1 heterocycles. The number of carbonyl (C=O) groups is 1. The molecule has 0 fully saturated rings. The van der Waals surface area contributed by atoms with Crippen molar-refractivity contribution in [2.24, 2.45) is 0 Å². The number of carbonyl (C=O) groups excluding carboxylic acids is 1. The summed E-state index contributed by atoms with van der Waals surface area (Å²) in [6, 6.07) is 5.95.